The second-order valence-electron chi connectivity index (χ2n) is 2.50. The van der Waals surface area contributed by atoms with Gasteiger partial charge < -0.3 is 0 Å². The molecule has 0 spiro atoms. The van der Waals surface area contributed by atoms with Crippen LogP contribution >= 0.6 is 38.5 Å². The Labute approximate surface area is 94.0 Å². The number of benzene rings is 1. The summed E-state index contributed by atoms with van der Waals surface area (Å²) in [4.78, 5) is 0. The zero-order valence-electron chi connectivity index (χ0n) is 6.56. The van der Waals surface area contributed by atoms with Crippen molar-refractivity contribution >= 4 is 38.5 Å². The summed E-state index contributed by atoms with van der Waals surface area (Å²) in [5, 5.41) is 8.53. The third-order valence-corrected chi connectivity index (χ3v) is 4.66. The quantitative estimate of drug-likeness (QED) is 0.721. The van der Waals surface area contributed by atoms with Crippen LogP contribution in [0.15, 0.2) is 16.6 Å². The maximum Gasteiger partial charge on any atom is 0.0670 e. The zero-order chi connectivity index (χ0) is 9.14. The minimum absolute atomic E-state index is 0.469. The molecule has 62 valence electrons. The summed E-state index contributed by atoms with van der Waals surface area (Å²) in [7, 11) is 0. The topological polar surface area (TPSA) is 23.8 Å². The Hall–Kier alpha value is -0.0800. The molecule has 3 heteroatoms. The Morgan fingerprint density at radius 1 is 1.58 bits per heavy atom. The van der Waals surface area contributed by atoms with Gasteiger partial charge in [-0.2, -0.15) is 5.26 Å². The van der Waals surface area contributed by atoms with Crippen LogP contribution in [0.1, 0.15) is 11.1 Å². The monoisotopic (exact) mass is 335 g/mol. The summed E-state index contributed by atoms with van der Waals surface area (Å²) in [5.41, 5.74) is 2.30. The Balaban J connectivity index is 3.19. The smallest absolute Gasteiger partial charge is 0.0670 e. The van der Waals surface area contributed by atoms with Crippen molar-refractivity contribution in [2.75, 3.05) is 0 Å². The summed E-state index contributed by atoms with van der Waals surface area (Å²) in [6, 6.07) is 6.17. The van der Waals surface area contributed by atoms with Crippen molar-refractivity contribution in [1.82, 2.24) is 0 Å². The molecule has 0 aliphatic heterocycles. The molecule has 0 aliphatic carbocycles. The van der Waals surface area contributed by atoms with Gasteiger partial charge in [-0.1, -0.05) is 12.1 Å². The van der Waals surface area contributed by atoms with Gasteiger partial charge >= 0.3 is 0 Å². The van der Waals surface area contributed by atoms with E-state index in [1.165, 1.54) is 9.13 Å². The molecule has 1 aromatic carbocycles. The molecule has 12 heavy (non-hydrogen) atoms. The van der Waals surface area contributed by atoms with E-state index in [2.05, 4.69) is 51.5 Å². The van der Waals surface area contributed by atoms with Gasteiger partial charge in [-0.15, -0.1) is 0 Å². The number of aryl methyl sites for hydroxylation is 1. The summed E-state index contributed by atoms with van der Waals surface area (Å²) >= 11 is 5.75. The van der Waals surface area contributed by atoms with Crippen LogP contribution in [-0.4, -0.2) is 0 Å². The van der Waals surface area contributed by atoms with Crippen LogP contribution in [0.3, 0.4) is 0 Å². The third kappa shape index (κ3) is 1.99. The molecule has 1 nitrogen and oxygen atoms in total. The molecule has 0 atom stereocenters. The molecular formula is C9H7BrIN. The van der Waals surface area contributed by atoms with Crippen LogP contribution in [0.5, 0.6) is 0 Å². The summed E-state index contributed by atoms with van der Waals surface area (Å²) in [5.74, 6) is 0. The molecule has 0 fully saturated rings. The van der Waals surface area contributed by atoms with Crippen LogP contribution in [-0.2, 0) is 6.42 Å². The Kier molecular flexibility index (Phi) is 3.53. The van der Waals surface area contributed by atoms with Gasteiger partial charge in [-0.25, -0.2) is 0 Å². The maximum absolute atomic E-state index is 8.53. The number of nitriles is 1. The van der Waals surface area contributed by atoms with E-state index in [9.17, 15) is 0 Å². The summed E-state index contributed by atoms with van der Waals surface area (Å²) < 4.78 is 2.25. The van der Waals surface area contributed by atoms with Crippen molar-refractivity contribution in [3.8, 4) is 6.07 Å². The van der Waals surface area contributed by atoms with E-state index in [0.29, 0.717) is 6.42 Å². The first-order valence-corrected chi connectivity index (χ1v) is 5.34. The van der Waals surface area contributed by atoms with Crippen molar-refractivity contribution < 1.29 is 0 Å². The van der Waals surface area contributed by atoms with Crippen LogP contribution in [0.4, 0.5) is 0 Å². The van der Waals surface area contributed by atoms with E-state index >= 15 is 0 Å². The molecule has 0 unspecified atom stereocenters. The lowest BCUT2D eigenvalue weighted by Crippen LogP contribution is -1.89. The van der Waals surface area contributed by atoms with E-state index in [4.69, 9.17) is 5.26 Å². The molecule has 0 amide bonds. The number of nitrogens with zero attached hydrogens (tertiary/aromatic N) is 1. The number of hydrogen-bond donors (Lipinski definition) is 0. The second kappa shape index (κ2) is 4.24. The van der Waals surface area contributed by atoms with Gasteiger partial charge in [-0.3, -0.25) is 0 Å². The van der Waals surface area contributed by atoms with E-state index in [1.807, 2.05) is 12.1 Å². The van der Waals surface area contributed by atoms with Gasteiger partial charge in [-0.05, 0) is 56.6 Å². The normalized spacial score (nSPS) is 9.50. The van der Waals surface area contributed by atoms with E-state index < -0.39 is 0 Å². The highest BCUT2D eigenvalue weighted by Crippen LogP contribution is 2.26. The molecule has 0 saturated heterocycles. The van der Waals surface area contributed by atoms with Crippen molar-refractivity contribution in [2.24, 2.45) is 0 Å². The van der Waals surface area contributed by atoms with Gasteiger partial charge in [0.25, 0.3) is 0 Å². The van der Waals surface area contributed by atoms with E-state index in [-0.39, 0.29) is 0 Å². The van der Waals surface area contributed by atoms with E-state index in [1.54, 1.807) is 0 Å². The maximum atomic E-state index is 8.53. The lowest BCUT2D eigenvalue weighted by Gasteiger charge is -2.04. The Morgan fingerprint density at radius 2 is 2.25 bits per heavy atom. The fourth-order valence-electron chi connectivity index (χ4n) is 0.908. The number of rotatable bonds is 1. The molecule has 0 aliphatic rings. The van der Waals surface area contributed by atoms with Crippen LogP contribution in [0.2, 0.25) is 0 Å². The van der Waals surface area contributed by atoms with Gasteiger partial charge in [0.2, 0.25) is 0 Å². The Morgan fingerprint density at radius 3 is 2.83 bits per heavy atom. The largest absolute Gasteiger partial charge is 0.198 e. The van der Waals surface area contributed by atoms with Gasteiger partial charge in [0.05, 0.1) is 12.5 Å². The van der Waals surface area contributed by atoms with Crippen LogP contribution in [0, 0.1) is 21.8 Å². The molecule has 0 bridgehead atoms. The lowest BCUT2D eigenvalue weighted by atomic mass is 10.1. The molecule has 0 N–H and O–H groups in total. The molecule has 1 rings (SSSR count). The predicted molar refractivity (Wildman–Crippen MR) is 60.9 cm³/mol. The summed E-state index contributed by atoms with van der Waals surface area (Å²) in [6.07, 6.45) is 0.469. The van der Waals surface area contributed by atoms with E-state index in [0.717, 1.165) is 10.0 Å². The zero-order valence-corrected chi connectivity index (χ0v) is 10.3. The lowest BCUT2D eigenvalue weighted by molar-refractivity contribution is 1.22. The van der Waals surface area contributed by atoms with Gasteiger partial charge in [0, 0.05) is 8.04 Å². The highest BCUT2D eigenvalue weighted by molar-refractivity contribution is 14.1. The minimum Gasteiger partial charge on any atom is -0.198 e. The van der Waals surface area contributed by atoms with Crippen molar-refractivity contribution in [2.45, 2.75) is 13.3 Å². The highest BCUT2D eigenvalue weighted by atomic mass is 127. The molecule has 0 saturated carbocycles. The molecule has 0 aromatic heterocycles. The standard InChI is InChI=1S/C9H7BrIN/c1-6-2-3-7(4-5-12)8(10)9(6)11/h2-3H,4H2,1H3. The Bertz CT molecular complexity index is 341. The number of hydrogen-bond acceptors (Lipinski definition) is 1. The first kappa shape index (κ1) is 10.0. The van der Waals surface area contributed by atoms with Crippen molar-refractivity contribution in [3.05, 3.63) is 31.3 Å². The molecule has 0 heterocycles. The van der Waals surface area contributed by atoms with Crippen molar-refractivity contribution in [1.29, 1.82) is 5.26 Å². The van der Waals surface area contributed by atoms with Crippen molar-refractivity contribution in [3.63, 3.8) is 0 Å². The van der Waals surface area contributed by atoms with Gasteiger partial charge in [0.15, 0.2) is 0 Å². The third-order valence-electron chi connectivity index (χ3n) is 1.62. The molecular weight excluding hydrogens is 329 g/mol. The average molecular weight is 336 g/mol. The highest BCUT2D eigenvalue weighted by Gasteiger charge is 2.05. The SMILES string of the molecule is Cc1ccc(CC#N)c(Br)c1I. The fraction of sp³-hybridized carbons (Fsp3) is 0.222. The average Bonchev–Trinajstić information content (AvgIpc) is 2.07. The molecule has 0 radical (unpaired) electrons. The van der Waals surface area contributed by atoms with Gasteiger partial charge in [0.1, 0.15) is 0 Å². The molecule has 1 aromatic rings. The summed E-state index contributed by atoms with van der Waals surface area (Å²) in [6.45, 7) is 2.06. The van der Waals surface area contributed by atoms with Crippen LogP contribution < -0.4 is 0 Å². The first-order chi connectivity index (χ1) is 5.66. The second-order valence-corrected chi connectivity index (χ2v) is 4.38. The number of halogens is 2. The fourth-order valence-corrected chi connectivity index (χ4v) is 2.02. The van der Waals surface area contributed by atoms with Crippen LogP contribution in [0.25, 0.3) is 0 Å². The minimum atomic E-state index is 0.469. The first-order valence-electron chi connectivity index (χ1n) is 3.47. The predicted octanol–water partition coefficient (Wildman–Crippen LogP) is 3.43.